The third-order valence-electron chi connectivity index (χ3n) is 4.98. The van der Waals surface area contributed by atoms with Crippen molar-refractivity contribution in [3.05, 3.63) is 59.4 Å². The van der Waals surface area contributed by atoms with Crippen LogP contribution in [0.4, 0.5) is 24.7 Å². The molecule has 0 unspecified atom stereocenters. The second-order valence-corrected chi connectivity index (χ2v) is 7.88. The molecule has 0 aliphatic rings. The molecule has 2 aromatic carbocycles. The van der Waals surface area contributed by atoms with E-state index in [1.54, 1.807) is 22.6 Å². The average Bonchev–Trinajstić information content (AvgIpc) is 3.11. The van der Waals surface area contributed by atoms with Crippen LogP contribution in [-0.4, -0.2) is 32.8 Å². The van der Waals surface area contributed by atoms with E-state index in [0.717, 1.165) is 24.8 Å². The van der Waals surface area contributed by atoms with Crippen LogP contribution < -0.4 is 4.90 Å². The summed E-state index contributed by atoms with van der Waals surface area (Å²) in [6.45, 7) is 2.12. The van der Waals surface area contributed by atoms with Gasteiger partial charge in [0, 0.05) is 23.7 Å². The van der Waals surface area contributed by atoms with Gasteiger partial charge in [0.25, 0.3) is 5.78 Å². The lowest BCUT2D eigenvalue weighted by Crippen LogP contribution is -2.30. The molecular weight excluding hydrogens is 427 g/mol. The van der Waals surface area contributed by atoms with Crippen molar-refractivity contribution in [1.29, 1.82) is 0 Å². The van der Waals surface area contributed by atoms with Crippen LogP contribution in [0, 0.1) is 17.3 Å². The van der Waals surface area contributed by atoms with Crippen molar-refractivity contribution in [3.8, 4) is 11.8 Å². The van der Waals surface area contributed by atoms with Gasteiger partial charge in [-0.15, -0.1) is 10.2 Å². The van der Waals surface area contributed by atoms with Gasteiger partial charge in [-0.25, -0.2) is 4.40 Å². The topological polar surface area (TPSA) is 46.3 Å². The first kappa shape index (κ1) is 20.9. The number of nitrogens with zero attached hydrogens (tertiary/aromatic N) is 5. The van der Waals surface area contributed by atoms with E-state index in [-0.39, 0.29) is 5.28 Å². The largest absolute Gasteiger partial charge is 0.404 e. The SMILES string of the molecule is CN(c1cccc(C#CC(C)(C)C(F)(F)F)c1)c1nc2nnc(Cl)n2c2ccccc12. The molecule has 0 atom stereocenters. The maximum atomic E-state index is 13.1. The third kappa shape index (κ3) is 3.77. The zero-order valence-corrected chi connectivity index (χ0v) is 17.6. The van der Waals surface area contributed by atoms with Crippen LogP contribution in [0.15, 0.2) is 48.5 Å². The Morgan fingerprint density at radius 3 is 2.52 bits per heavy atom. The summed E-state index contributed by atoms with van der Waals surface area (Å²) in [5, 5.41) is 8.92. The van der Waals surface area contributed by atoms with Gasteiger partial charge in [-0.2, -0.15) is 18.2 Å². The minimum Gasteiger partial charge on any atom is -0.329 e. The molecule has 158 valence electrons. The van der Waals surface area contributed by atoms with E-state index in [9.17, 15) is 13.2 Å². The van der Waals surface area contributed by atoms with E-state index in [0.29, 0.717) is 22.8 Å². The van der Waals surface area contributed by atoms with Crippen LogP contribution in [0.3, 0.4) is 0 Å². The third-order valence-corrected chi connectivity index (χ3v) is 5.22. The molecule has 0 saturated carbocycles. The predicted molar refractivity (Wildman–Crippen MR) is 115 cm³/mol. The van der Waals surface area contributed by atoms with Gasteiger partial charge in [0.2, 0.25) is 5.28 Å². The Morgan fingerprint density at radius 2 is 1.77 bits per heavy atom. The molecule has 0 aliphatic carbocycles. The summed E-state index contributed by atoms with van der Waals surface area (Å²) in [6, 6.07) is 14.5. The highest BCUT2D eigenvalue weighted by Crippen LogP contribution is 2.37. The number of alkyl halides is 3. The number of hydrogen-bond acceptors (Lipinski definition) is 4. The molecule has 4 rings (SSSR count). The fourth-order valence-electron chi connectivity index (χ4n) is 3.02. The first-order chi connectivity index (χ1) is 14.6. The molecule has 4 aromatic rings. The molecule has 0 N–H and O–H groups in total. The Hall–Kier alpha value is -3.31. The lowest BCUT2D eigenvalue weighted by atomic mass is 9.93. The number of rotatable bonds is 2. The summed E-state index contributed by atoms with van der Waals surface area (Å²) in [4.78, 5) is 6.42. The van der Waals surface area contributed by atoms with Crippen LogP contribution >= 0.6 is 11.6 Å². The van der Waals surface area contributed by atoms with Crippen LogP contribution in [0.1, 0.15) is 19.4 Å². The van der Waals surface area contributed by atoms with Crippen molar-refractivity contribution in [1.82, 2.24) is 19.6 Å². The lowest BCUT2D eigenvalue weighted by molar-refractivity contribution is -0.190. The normalized spacial score (nSPS) is 12.1. The molecule has 0 saturated heterocycles. The highest BCUT2D eigenvalue weighted by molar-refractivity contribution is 6.29. The summed E-state index contributed by atoms with van der Waals surface area (Å²) >= 11 is 6.17. The average molecular weight is 444 g/mol. The van der Waals surface area contributed by atoms with Gasteiger partial charge in [-0.3, -0.25) is 0 Å². The summed E-state index contributed by atoms with van der Waals surface area (Å²) in [6.07, 6.45) is -4.41. The van der Waals surface area contributed by atoms with Crippen LogP contribution in [0.25, 0.3) is 16.7 Å². The molecule has 9 heteroatoms. The van der Waals surface area contributed by atoms with Gasteiger partial charge in [-0.1, -0.05) is 30.0 Å². The summed E-state index contributed by atoms with van der Waals surface area (Å²) in [7, 11) is 1.81. The highest BCUT2D eigenvalue weighted by atomic mass is 35.5. The van der Waals surface area contributed by atoms with Crippen LogP contribution in [-0.2, 0) is 0 Å². The minimum absolute atomic E-state index is 0.206. The van der Waals surface area contributed by atoms with Crippen molar-refractivity contribution in [3.63, 3.8) is 0 Å². The van der Waals surface area contributed by atoms with Gasteiger partial charge in [0.05, 0.1) is 5.52 Å². The van der Waals surface area contributed by atoms with Gasteiger partial charge < -0.3 is 4.90 Å². The number of para-hydroxylation sites is 1. The molecule has 0 amide bonds. The summed E-state index contributed by atoms with van der Waals surface area (Å²) < 4.78 is 41.0. The number of hydrogen-bond donors (Lipinski definition) is 0. The number of fused-ring (bicyclic) bond motifs is 3. The molecule has 31 heavy (non-hydrogen) atoms. The second-order valence-electron chi connectivity index (χ2n) is 7.54. The Labute approximate surface area is 181 Å². The number of halogens is 4. The standard InChI is InChI=1S/C22H17ClF3N5/c1-21(2,22(24,25)26)12-11-14-7-6-8-15(13-14)30(3)18-16-9-4-5-10-17(16)31-19(23)28-29-20(31)27-18/h4-10,13H,1-3H3. The van der Waals surface area contributed by atoms with E-state index >= 15 is 0 Å². The zero-order valence-electron chi connectivity index (χ0n) is 16.9. The Bertz CT molecular complexity index is 1350. The molecule has 0 bridgehead atoms. The maximum Gasteiger partial charge on any atom is 0.404 e. The van der Waals surface area contributed by atoms with E-state index in [2.05, 4.69) is 27.0 Å². The van der Waals surface area contributed by atoms with Gasteiger partial charge >= 0.3 is 6.18 Å². The van der Waals surface area contributed by atoms with Crippen molar-refractivity contribution in [2.45, 2.75) is 20.0 Å². The zero-order chi connectivity index (χ0) is 22.4. The first-order valence-corrected chi connectivity index (χ1v) is 9.69. The lowest BCUT2D eigenvalue weighted by Gasteiger charge is -2.21. The quantitative estimate of drug-likeness (QED) is 0.376. The molecular formula is C22H17ClF3N5. The molecule has 2 heterocycles. The van der Waals surface area contributed by atoms with Crippen LogP contribution in [0.5, 0.6) is 0 Å². The van der Waals surface area contributed by atoms with E-state index in [1.165, 1.54) is 0 Å². The Kier molecular flexibility index (Phi) is 5.02. The van der Waals surface area contributed by atoms with Gasteiger partial charge in [0.15, 0.2) is 0 Å². The van der Waals surface area contributed by atoms with E-state index in [4.69, 9.17) is 11.6 Å². The van der Waals surface area contributed by atoms with Gasteiger partial charge in [0.1, 0.15) is 11.2 Å². The maximum absolute atomic E-state index is 13.1. The fourth-order valence-corrected chi connectivity index (χ4v) is 3.22. The number of benzene rings is 2. The first-order valence-electron chi connectivity index (χ1n) is 9.31. The molecule has 0 spiro atoms. The smallest absolute Gasteiger partial charge is 0.329 e. The number of anilines is 2. The molecule has 2 aromatic heterocycles. The number of aromatic nitrogens is 4. The predicted octanol–water partition coefficient (Wildman–Crippen LogP) is 5.64. The van der Waals surface area contributed by atoms with E-state index in [1.807, 2.05) is 42.3 Å². The van der Waals surface area contributed by atoms with E-state index < -0.39 is 11.6 Å². The van der Waals surface area contributed by atoms with Gasteiger partial charge in [-0.05, 0) is 55.8 Å². The van der Waals surface area contributed by atoms with Crippen molar-refractivity contribution >= 4 is 39.8 Å². The molecule has 0 radical (unpaired) electrons. The summed E-state index contributed by atoms with van der Waals surface area (Å²) in [5.41, 5.74) is -0.140. The fraction of sp³-hybridized carbons (Fsp3) is 0.227. The van der Waals surface area contributed by atoms with Crippen molar-refractivity contribution in [2.75, 3.05) is 11.9 Å². The summed E-state index contributed by atoms with van der Waals surface area (Å²) in [5.74, 6) is 5.93. The van der Waals surface area contributed by atoms with Crippen molar-refractivity contribution < 1.29 is 13.2 Å². The molecule has 5 nitrogen and oxygen atoms in total. The molecule has 0 aliphatic heterocycles. The molecule has 0 fully saturated rings. The highest BCUT2D eigenvalue weighted by Gasteiger charge is 2.46. The monoisotopic (exact) mass is 443 g/mol. The van der Waals surface area contributed by atoms with Crippen LogP contribution in [0.2, 0.25) is 5.28 Å². The Balaban J connectivity index is 1.79. The minimum atomic E-state index is -4.41. The second kappa shape index (κ2) is 7.43. The van der Waals surface area contributed by atoms with Crippen molar-refractivity contribution in [2.24, 2.45) is 5.41 Å². The Morgan fingerprint density at radius 1 is 1.03 bits per heavy atom.